The van der Waals surface area contributed by atoms with Gasteiger partial charge < -0.3 is 10.1 Å². The van der Waals surface area contributed by atoms with Crippen molar-refractivity contribution in [3.8, 4) is 5.75 Å². The Morgan fingerprint density at radius 2 is 1.62 bits per heavy atom. The minimum absolute atomic E-state index is 0.0490. The maximum Gasteiger partial charge on any atom is 0.206 e. The lowest BCUT2D eigenvalue weighted by atomic mass is 10.0. The summed E-state index contributed by atoms with van der Waals surface area (Å²) < 4.78 is 31.9. The normalized spacial score (nSPS) is 16.1. The lowest BCUT2D eigenvalue weighted by Gasteiger charge is -2.27. The van der Waals surface area contributed by atoms with Crippen LogP contribution in [-0.4, -0.2) is 27.6 Å². The number of ether oxygens (including phenoxy) is 1. The molecule has 4 nitrogen and oxygen atoms in total. The monoisotopic (exact) mass is 407 g/mol. The van der Waals surface area contributed by atoms with Crippen LogP contribution < -0.4 is 10.1 Å². The van der Waals surface area contributed by atoms with E-state index < -0.39 is 9.84 Å². The van der Waals surface area contributed by atoms with Crippen LogP contribution in [0, 0.1) is 0 Å². The first kappa shape index (κ1) is 19.7. The Kier molecular flexibility index (Phi) is 5.97. The lowest BCUT2D eigenvalue weighted by molar-refractivity contribution is 0.170. The van der Waals surface area contributed by atoms with Crippen LogP contribution in [0.2, 0.25) is 0 Å². The highest BCUT2D eigenvalue weighted by Gasteiger charge is 2.23. The van der Waals surface area contributed by atoms with Gasteiger partial charge in [-0.3, -0.25) is 0 Å². The molecule has 1 N–H and O–H groups in total. The van der Waals surface area contributed by atoms with Crippen molar-refractivity contribution in [1.82, 2.24) is 5.32 Å². The van der Waals surface area contributed by atoms with Crippen LogP contribution in [0.25, 0.3) is 0 Å². The predicted molar refractivity (Wildman–Crippen MR) is 114 cm³/mol. The lowest BCUT2D eigenvalue weighted by Crippen LogP contribution is -2.35. The van der Waals surface area contributed by atoms with E-state index in [-0.39, 0.29) is 11.0 Å². The van der Waals surface area contributed by atoms with Gasteiger partial charge in [-0.25, -0.2) is 8.42 Å². The summed E-state index contributed by atoms with van der Waals surface area (Å²) in [6, 6.07) is 24.1. The first-order valence-electron chi connectivity index (χ1n) is 9.97. The van der Waals surface area contributed by atoms with E-state index in [0.717, 1.165) is 37.9 Å². The van der Waals surface area contributed by atoms with E-state index in [1.807, 2.05) is 18.2 Å². The Morgan fingerprint density at radius 1 is 0.897 bits per heavy atom. The molecule has 0 aliphatic carbocycles. The highest BCUT2D eigenvalue weighted by Crippen LogP contribution is 2.32. The van der Waals surface area contributed by atoms with Crippen molar-refractivity contribution in [2.24, 2.45) is 0 Å². The molecule has 29 heavy (non-hydrogen) atoms. The molecule has 0 bridgehead atoms. The van der Waals surface area contributed by atoms with Crippen LogP contribution in [0.1, 0.15) is 17.5 Å². The molecule has 0 unspecified atom stereocenters. The van der Waals surface area contributed by atoms with Crippen molar-refractivity contribution in [3.05, 3.63) is 90.0 Å². The molecule has 0 saturated carbocycles. The molecule has 0 aromatic heterocycles. The summed E-state index contributed by atoms with van der Waals surface area (Å²) in [5.74, 6) is 0.683. The Morgan fingerprint density at radius 3 is 2.38 bits per heavy atom. The van der Waals surface area contributed by atoms with E-state index in [0.29, 0.717) is 10.6 Å². The van der Waals surface area contributed by atoms with E-state index in [1.165, 1.54) is 5.56 Å². The smallest absolute Gasteiger partial charge is 0.206 e. The van der Waals surface area contributed by atoms with Crippen molar-refractivity contribution >= 4 is 9.84 Å². The van der Waals surface area contributed by atoms with Crippen molar-refractivity contribution < 1.29 is 13.2 Å². The maximum absolute atomic E-state index is 12.9. The summed E-state index contributed by atoms with van der Waals surface area (Å²) in [5, 5.41) is 3.46. The minimum Gasteiger partial charge on any atom is -0.489 e. The van der Waals surface area contributed by atoms with Crippen LogP contribution >= 0.6 is 0 Å². The van der Waals surface area contributed by atoms with Gasteiger partial charge in [0, 0.05) is 6.54 Å². The van der Waals surface area contributed by atoms with Crippen LogP contribution in [0.4, 0.5) is 0 Å². The van der Waals surface area contributed by atoms with Crippen molar-refractivity contribution in [2.45, 2.75) is 35.2 Å². The van der Waals surface area contributed by atoms with Gasteiger partial charge in [-0.2, -0.15) is 0 Å². The highest BCUT2D eigenvalue weighted by molar-refractivity contribution is 7.91. The fraction of sp³-hybridized carbons (Fsp3) is 0.250. The zero-order valence-corrected chi connectivity index (χ0v) is 17.1. The van der Waals surface area contributed by atoms with Crippen molar-refractivity contribution in [3.63, 3.8) is 0 Å². The number of nitrogens with one attached hydrogen (secondary N) is 1. The average Bonchev–Trinajstić information content (AvgIpc) is 2.77. The van der Waals surface area contributed by atoms with Gasteiger partial charge in [0.15, 0.2) is 0 Å². The molecule has 0 amide bonds. The number of rotatable bonds is 7. The quantitative estimate of drug-likeness (QED) is 0.601. The Hall–Kier alpha value is -2.63. The first-order valence-corrected chi connectivity index (χ1v) is 11.5. The third-order valence-electron chi connectivity index (χ3n) is 5.24. The molecule has 0 fully saturated rings. The topological polar surface area (TPSA) is 55.4 Å². The van der Waals surface area contributed by atoms with Gasteiger partial charge in [-0.15, -0.1) is 0 Å². The number of hydrogen-bond donors (Lipinski definition) is 1. The average molecular weight is 408 g/mol. The number of sulfone groups is 1. The fourth-order valence-corrected chi connectivity index (χ4v) is 4.89. The van der Waals surface area contributed by atoms with Gasteiger partial charge in [0.2, 0.25) is 9.84 Å². The molecule has 0 saturated heterocycles. The molecule has 0 radical (unpaired) electrons. The number of hydrogen-bond acceptors (Lipinski definition) is 4. The third kappa shape index (κ3) is 4.69. The van der Waals surface area contributed by atoms with Gasteiger partial charge in [0.05, 0.1) is 9.79 Å². The number of benzene rings is 3. The zero-order valence-electron chi connectivity index (χ0n) is 16.3. The maximum atomic E-state index is 12.9. The Labute approximate surface area is 172 Å². The highest BCUT2D eigenvalue weighted by atomic mass is 32.2. The molecule has 1 atom stereocenters. The fourth-order valence-electron chi connectivity index (χ4n) is 3.59. The molecule has 0 spiro atoms. The van der Waals surface area contributed by atoms with Crippen molar-refractivity contribution in [1.29, 1.82) is 0 Å². The van der Waals surface area contributed by atoms with E-state index >= 15 is 0 Å². The summed E-state index contributed by atoms with van der Waals surface area (Å²) in [5.41, 5.74) is 2.38. The number of aryl methyl sites for hydroxylation is 1. The Bertz CT molecular complexity index is 1050. The standard InChI is InChI=1S/C24H25NO3S/c26-29(27,22-9-5-2-6-10-22)23-14-12-20-11-13-21(28-24(20)17-23)18-25-16-15-19-7-3-1-4-8-19/h1-10,12,14,17,21,25H,11,13,15-16,18H2/t21-/m1/s1. The first-order chi connectivity index (χ1) is 14.1. The van der Waals surface area contributed by atoms with E-state index in [9.17, 15) is 8.42 Å². The molecule has 150 valence electrons. The second kappa shape index (κ2) is 8.80. The third-order valence-corrected chi connectivity index (χ3v) is 7.00. The van der Waals surface area contributed by atoms with E-state index in [4.69, 9.17) is 4.74 Å². The summed E-state index contributed by atoms with van der Waals surface area (Å²) in [7, 11) is -3.54. The molecule has 3 aromatic rings. The van der Waals surface area contributed by atoms with Crippen LogP contribution in [0.3, 0.4) is 0 Å². The van der Waals surface area contributed by atoms with E-state index in [1.54, 1.807) is 36.4 Å². The van der Waals surface area contributed by atoms with Crippen molar-refractivity contribution in [2.75, 3.05) is 13.1 Å². The molecule has 5 heteroatoms. The molecule has 1 heterocycles. The summed E-state index contributed by atoms with van der Waals surface area (Å²) >= 11 is 0. The molecule has 1 aliphatic heterocycles. The van der Waals surface area contributed by atoms with Gasteiger partial charge >= 0.3 is 0 Å². The van der Waals surface area contributed by atoms with Gasteiger partial charge in [0.25, 0.3) is 0 Å². The second-order valence-electron chi connectivity index (χ2n) is 7.30. The molecule has 1 aliphatic rings. The van der Waals surface area contributed by atoms with Crippen LogP contribution in [0.5, 0.6) is 5.75 Å². The number of fused-ring (bicyclic) bond motifs is 1. The predicted octanol–water partition coefficient (Wildman–Crippen LogP) is 4.05. The second-order valence-corrected chi connectivity index (χ2v) is 9.25. The minimum atomic E-state index is -3.54. The van der Waals surface area contributed by atoms with Crippen LogP contribution in [0.15, 0.2) is 88.7 Å². The van der Waals surface area contributed by atoms with Gasteiger partial charge in [-0.1, -0.05) is 54.6 Å². The summed E-state index contributed by atoms with van der Waals surface area (Å²) in [4.78, 5) is 0.579. The van der Waals surface area contributed by atoms with Gasteiger partial charge in [-0.05, 0) is 61.2 Å². The summed E-state index contributed by atoms with van der Waals surface area (Å²) in [6.07, 6.45) is 2.85. The summed E-state index contributed by atoms with van der Waals surface area (Å²) in [6.45, 7) is 1.64. The molecule has 3 aromatic carbocycles. The molecular weight excluding hydrogens is 382 g/mol. The largest absolute Gasteiger partial charge is 0.489 e. The molecule has 4 rings (SSSR count). The van der Waals surface area contributed by atoms with E-state index in [2.05, 4.69) is 29.6 Å². The molecular formula is C24H25NO3S. The zero-order chi connectivity index (χ0) is 20.1. The van der Waals surface area contributed by atoms with Crippen LogP contribution in [-0.2, 0) is 22.7 Å². The SMILES string of the molecule is O=S(=O)(c1ccccc1)c1ccc2c(c1)O[C@@H](CNCCc1ccccc1)CC2. The Balaban J connectivity index is 1.39. The van der Waals surface area contributed by atoms with Gasteiger partial charge in [0.1, 0.15) is 11.9 Å².